The van der Waals surface area contributed by atoms with Gasteiger partial charge in [0, 0.05) is 31.9 Å². The number of nitrogens with zero attached hydrogens (tertiary/aromatic N) is 1. The number of ketones is 1. The molecule has 1 aromatic rings. The zero-order valence-corrected chi connectivity index (χ0v) is 19.0. The van der Waals surface area contributed by atoms with E-state index < -0.39 is 36.4 Å². The van der Waals surface area contributed by atoms with Crippen molar-refractivity contribution in [1.82, 2.24) is 10.2 Å². The Balaban J connectivity index is 1.80. The molecular formula is C23H28F3N3O5. The molecule has 1 fully saturated rings. The highest BCUT2D eigenvalue weighted by molar-refractivity contribution is 6.04. The highest BCUT2D eigenvalue weighted by atomic mass is 19.4. The Morgan fingerprint density at radius 2 is 1.79 bits per heavy atom. The zero-order chi connectivity index (χ0) is 25.3. The van der Waals surface area contributed by atoms with Crippen LogP contribution >= 0.6 is 0 Å². The Kier molecular flexibility index (Phi) is 9.64. The fraction of sp³-hybridized carbons (Fsp3) is 0.478. The van der Waals surface area contributed by atoms with Crippen molar-refractivity contribution >= 4 is 29.3 Å². The van der Waals surface area contributed by atoms with Gasteiger partial charge >= 0.3 is 12.1 Å². The van der Waals surface area contributed by atoms with Crippen molar-refractivity contribution in [2.24, 2.45) is 11.8 Å². The van der Waals surface area contributed by atoms with Crippen LogP contribution in [0.3, 0.4) is 0 Å². The van der Waals surface area contributed by atoms with Crippen LogP contribution in [0.25, 0.3) is 0 Å². The molecule has 2 N–H and O–H groups in total. The van der Waals surface area contributed by atoms with Crippen molar-refractivity contribution in [2.45, 2.75) is 32.9 Å². The van der Waals surface area contributed by atoms with E-state index in [4.69, 9.17) is 4.74 Å². The van der Waals surface area contributed by atoms with E-state index in [9.17, 15) is 32.3 Å². The molecule has 186 valence electrons. The monoisotopic (exact) mass is 483 g/mol. The first kappa shape index (κ1) is 26.9. The van der Waals surface area contributed by atoms with E-state index in [1.54, 1.807) is 24.3 Å². The number of allylic oxidation sites excluding steroid dienone is 1. The SMILES string of the molecule is CC(C)CNC(=O)c1ccccc1NC(=O)COC(=O)C1CCN(/C=C/C(=O)C(F)(F)F)CC1. The van der Waals surface area contributed by atoms with Crippen LogP contribution in [0.4, 0.5) is 18.9 Å². The normalized spacial score (nSPS) is 14.8. The molecule has 2 amide bonds. The van der Waals surface area contributed by atoms with Gasteiger partial charge in [-0.25, -0.2) is 0 Å². The number of amides is 2. The number of para-hydroxylation sites is 1. The van der Waals surface area contributed by atoms with Crippen molar-refractivity contribution in [2.75, 3.05) is 31.6 Å². The molecule has 1 aliphatic heterocycles. The third kappa shape index (κ3) is 8.53. The number of hydrogen-bond acceptors (Lipinski definition) is 6. The fourth-order valence-electron chi connectivity index (χ4n) is 3.17. The molecule has 1 saturated heterocycles. The molecule has 0 aromatic heterocycles. The predicted molar refractivity (Wildman–Crippen MR) is 118 cm³/mol. The fourth-order valence-corrected chi connectivity index (χ4v) is 3.17. The molecule has 1 heterocycles. The molecule has 0 aliphatic carbocycles. The topological polar surface area (TPSA) is 105 Å². The summed E-state index contributed by atoms with van der Waals surface area (Å²) in [7, 11) is 0. The number of anilines is 1. The number of alkyl halides is 3. The maximum atomic E-state index is 12.4. The first-order valence-electron chi connectivity index (χ1n) is 10.8. The van der Waals surface area contributed by atoms with Crippen molar-refractivity contribution in [3.63, 3.8) is 0 Å². The largest absolute Gasteiger partial charge is 0.455 e. The van der Waals surface area contributed by atoms with E-state index in [1.165, 1.54) is 4.90 Å². The van der Waals surface area contributed by atoms with Crippen LogP contribution < -0.4 is 10.6 Å². The Morgan fingerprint density at radius 1 is 1.15 bits per heavy atom. The molecule has 1 aromatic carbocycles. The first-order valence-corrected chi connectivity index (χ1v) is 10.8. The molecule has 11 heteroatoms. The van der Waals surface area contributed by atoms with Gasteiger partial charge in [0.2, 0.25) is 0 Å². The van der Waals surface area contributed by atoms with Gasteiger partial charge < -0.3 is 20.3 Å². The van der Waals surface area contributed by atoms with Gasteiger partial charge in [0.25, 0.3) is 17.6 Å². The molecule has 34 heavy (non-hydrogen) atoms. The minimum Gasteiger partial charge on any atom is -0.455 e. The maximum absolute atomic E-state index is 12.4. The van der Waals surface area contributed by atoms with Crippen LogP contribution in [0, 0.1) is 11.8 Å². The second kappa shape index (κ2) is 12.2. The molecule has 0 atom stereocenters. The number of carbonyl (C=O) groups is 4. The van der Waals surface area contributed by atoms with E-state index in [0.29, 0.717) is 31.1 Å². The van der Waals surface area contributed by atoms with Gasteiger partial charge in [-0.1, -0.05) is 26.0 Å². The Labute approximate surface area is 195 Å². The van der Waals surface area contributed by atoms with Crippen LogP contribution in [0.2, 0.25) is 0 Å². The Bertz CT molecular complexity index is 923. The summed E-state index contributed by atoms with van der Waals surface area (Å²) >= 11 is 0. The van der Waals surface area contributed by atoms with Crippen molar-refractivity contribution in [3.8, 4) is 0 Å². The van der Waals surface area contributed by atoms with Crippen molar-refractivity contribution in [3.05, 3.63) is 42.1 Å². The molecule has 8 nitrogen and oxygen atoms in total. The van der Waals surface area contributed by atoms with E-state index in [2.05, 4.69) is 10.6 Å². The third-order valence-corrected chi connectivity index (χ3v) is 5.04. The summed E-state index contributed by atoms with van der Waals surface area (Å²) in [6.45, 7) is 4.39. The summed E-state index contributed by atoms with van der Waals surface area (Å²) in [5.41, 5.74) is 0.575. The minimum atomic E-state index is -4.92. The van der Waals surface area contributed by atoms with Crippen molar-refractivity contribution < 1.29 is 37.1 Å². The van der Waals surface area contributed by atoms with E-state index in [1.807, 2.05) is 13.8 Å². The van der Waals surface area contributed by atoms with Crippen molar-refractivity contribution in [1.29, 1.82) is 0 Å². The number of nitrogens with one attached hydrogen (secondary N) is 2. The van der Waals surface area contributed by atoms with Crippen LogP contribution in [-0.2, 0) is 19.1 Å². The molecular weight excluding hydrogens is 455 g/mol. The number of likely N-dealkylation sites (tertiary alicyclic amines) is 1. The van der Waals surface area contributed by atoms with Gasteiger partial charge in [-0.2, -0.15) is 13.2 Å². The van der Waals surface area contributed by atoms with Gasteiger partial charge in [-0.15, -0.1) is 0 Å². The predicted octanol–water partition coefficient (Wildman–Crippen LogP) is 2.91. The summed E-state index contributed by atoms with van der Waals surface area (Å²) < 4.78 is 41.8. The quantitative estimate of drug-likeness (QED) is 0.414. The molecule has 0 radical (unpaired) electrons. The maximum Gasteiger partial charge on any atom is 0.454 e. The summed E-state index contributed by atoms with van der Waals surface area (Å²) in [4.78, 5) is 49.3. The second-order valence-electron chi connectivity index (χ2n) is 8.29. The molecule has 0 saturated carbocycles. The van der Waals surface area contributed by atoms with Crippen LogP contribution in [0.1, 0.15) is 37.0 Å². The highest BCUT2D eigenvalue weighted by Gasteiger charge is 2.36. The number of hydrogen-bond donors (Lipinski definition) is 2. The summed E-state index contributed by atoms with van der Waals surface area (Å²) in [6, 6.07) is 6.46. The first-order chi connectivity index (χ1) is 16.0. The van der Waals surface area contributed by atoms with Gasteiger partial charge in [-0.3, -0.25) is 19.2 Å². The minimum absolute atomic E-state index is 0.260. The number of halogens is 3. The van der Waals surface area contributed by atoms with Gasteiger partial charge in [0.15, 0.2) is 6.61 Å². The van der Waals surface area contributed by atoms with E-state index in [0.717, 1.165) is 6.20 Å². The number of rotatable bonds is 9. The number of piperidine rings is 1. The summed E-state index contributed by atoms with van der Waals surface area (Å²) in [5.74, 6) is -3.73. The summed E-state index contributed by atoms with van der Waals surface area (Å²) in [5, 5.41) is 5.34. The average Bonchev–Trinajstić information content (AvgIpc) is 2.79. The molecule has 0 unspecified atom stereocenters. The van der Waals surface area contributed by atoms with Gasteiger partial charge in [0.1, 0.15) is 0 Å². The third-order valence-electron chi connectivity index (χ3n) is 5.04. The lowest BCUT2D eigenvalue weighted by Crippen LogP contribution is -2.35. The smallest absolute Gasteiger partial charge is 0.454 e. The second-order valence-corrected chi connectivity index (χ2v) is 8.29. The van der Waals surface area contributed by atoms with Gasteiger partial charge in [0.05, 0.1) is 17.2 Å². The van der Waals surface area contributed by atoms with Crippen LogP contribution in [0.15, 0.2) is 36.5 Å². The zero-order valence-electron chi connectivity index (χ0n) is 19.0. The molecule has 0 spiro atoms. The Morgan fingerprint density at radius 3 is 2.41 bits per heavy atom. The van der Waals surface area contributed by atoms with E-state index in [-0.39, 0.29) is 30.5 Å². The lowest BCUT2D eigenvalue weighted by Gasteiger charge is -2.29. The van der Waals surface area contributed by atoms with Crippen LogP contribution in [-0.4, -0.2) is 60.9 Å². The number of esters is 1. The molecule has 0 bridgehead atoms. The number of ether oxygens (including phenoxy) is 1. The van der Waals surface area contributed by atoms with E-state index >= 15 is 0 Å². The highest BCUT2D eigenvalue weighted by Crippen LogP contribution is 2.21. The summed E-state index contributed by atoms with van der Waals surface area (Å²) in [6.07, 6.45) is -2.77. The lowest BCUT2D eigenvalue weighted by atomic mass is 9.97. The molecule has 2 rings (SSSR count). The average molecular weight is 483 g/mol. The standard InChI is InChI=1S/C23H28F3N3O5/c1-15(2)13-27-21(32)17-5-3-4-6-18(17)28-20(31)14-34-22(33)16-7-10-29(11-8-16)12-9-19(30)23(24,25)26/h3-6,9,12,15-16H,7-8,10-11,13-14H2,1-2H3,(H,27,32)(H,28,31)/b12-9+. The van der Waals surface area contributed by atoms with Crippen LogP contribution in [0.5, 0.6) is 0 Å². The molecule has 1 aliphatic rings. The number of benzene rings is 1. The van der Waals surface area contributed by atoms with Gasteiger partial charge in [-0.05, 0) is 30.9 Å². The Hall–Kier alpha value is -3.37. The number of carbonyl (C=O) groups excluding carboxylic acids is 4. The lowest BCUT2D eigenvalue weighted by molar-refractivity contribution is -0.165.